The van der Waals surface area contributed by atoms with E-state index in [2.05, 4.69) is 6.07 Å². The van der Waals surface area contributed by atoms with Crippen LogP contribution in [0.2, 0.25) is 0 Å². The van der Waals surface area contributed by atoms with Crippen molar-refractivity contribution in [2.24, 2.45) is 5.73 Å². The lowest BCUT2D eigenvalue weighted by Crippen LogP contribution is -2.44. The fraction of sp³-hybridized carbons (Fsp3) is 0.333. The highest BCUT2D eigenvalue weighted by Gasteiger charge is 2.43. The Morgan fingerprint density at radius 1 is 1.14 bits per heavy atom. The molecule has 2 aromatic carbocycles. The topological polar surface area (TPSA) is 46.2 Å². The van der Waals surface area contributed by atoms with Crippen LogP contribution >= 0.6 is 0 Å². The third kappa shape index (κ3) is 2.27. The summed E-state index contributed by atoms with van der Waals surface area (Å²) in [7, 11) is 0. The maximum absolute atomic E-state index is 14.1. The van der Waals surface area contributed by atoms with Gasteiger partial charge in [0.25, 0.3) is 0 Å². The van der Waals surface area contributed by atoms with E-state index in [1.807, 2.05) is 18.2 Å². The van der Waals surface area contributed by atoms with Gasteiger partial charge >= 0.3 is 0 Å². The molecule has 0 amide bonds. The van der Waals surface area contributed by atoms with Crippen molar-refractivity contribution in [1.29, 1.82) is 0 Å². The maximum atomic E-state index is 14.1. The highest BCUT2D eigenvalue weighted by atomic mass is 19.1. The van der Waals surface area contributed by atoms with Crippen molar-refractivity contribution in [3.63, 3.8) is 0 Å². The van der Waals surface area contributed by atoms with Gasteiger partial charge in [-0.05, 0) is 36.5 Å². The molecule has 2 aromatic rings. The molecular formula is C18H20FNO. The van der Waals surface area contributed by atoms with E-state index < -0.39 is 11.5 Å². The van der Waals surface area contributed by atoms with Gasteiger partial charge < -0.3 is 10.8 Å². The number of rotatable bonds is 3. The van der Waals surface area contributed by atoms with E-state index in [0.29, 0.717) is 12.1 Å². The fourth-order valence-corrected chi connectivity index (χ4v) is 3.56. The molecule has 0 fully saturated rings. The van der Waals surface area contributed by atoms with Crippen LogP contribution in [0.1, 0.15) is 35.6 Å². The van der Waals surface area contributed by atoms with E-state index >= 15 is 0 Å². The van der Waals surface area contributed by atoms with Crippen molar-refractivity contribution in [3.8, 4) is 0 Å². The molecule has 21 heavy (non-hydrogen) atoms. The average Bonchev–Trinajstić information content (AvgIpc) is 2.54. The number of benzene rings is 2. The second-order valence-electron chi connectivity index (χ2n) is 5.80. The fourth-order valence-electron chi connectivity index (χ4n) is 3.56. The summed E-state index contributed by atoms with van der Waals surface area (Å²) in [4.78, 5) is 0. The molecule has 0 radical (unpaired) electrons. The van der Waals surface area contributed by atoms with Crippen molar-refractivity contribution < 1.29 is 9.50 Å². The molecule has 2 unspecified atom stereocenters. The van der Waals surface area contributed by atoms with Crippen molar-refractivity contribution in [2.75, 3.05) is 6.54 Å². The van der Waals surface area contributed by atoms with Crippen LogP contribution in [0.4, 0.5) is 4.39 Å². The number of halogens is 1. The van der Waals surface area contributed by atoms with Gasteiger partial charge in [0, 0.05) is 17.5 Å². The van der Waals surface area contributed by atoms with Crippen LogP contribution in [0.25, 0.3) is 0 Å². The van der Waals surface area contributed by atoms with Crippen LogP contribution in [0, 0.1) is 5.82 Å². The van der Waals surface area contributed by atoms with E-state index in [1.54, 1.807) is 18.2 Å². The molecule has 1 aliphatic rings. The normalized spacial score (nSPS) is 22.6. The van der Waals surface area contributed by atoms with Crippen LogP contribution in [0.5, 0.6) is 0 Å². The third-order valence-corrected chi connectivity index (χ3v) is 4.71. The van der Waals surface area contributed by atoms with Gasteiger partial charge in [-0.15, -0.1) is 0 Å². The third-order valence-electron chi connectivity index (χ3n) is 4.71. The zero-order valence-corrected chi connectivity index (χ0v) is 11.9. The molecule has 1 aliphatic carbocycles. The number of fused-ring (bicyclic) bond motifs is 1. The Bertz CT molecular complexity index is 643. The molecule has 0 heterocycles. The van der Waals surface area contributed by atoms with E-state index in [1.165, 1.54) is 11.6 Å². The molecule has 110 valence electrons. The maximum Gasteiger partial charge on any atom is 0.129 e. The van der Waals surface area contributed by atoms with Gasteiger partial charge in [-0.25, -0.2) is 4.39 Å². The highest BCUT2D eigenvalue weighted by molar-refractivity contribution is 5.41. The van der Waals surface area contributed by atoms with Crippen LogP contribution in [0.3, 0.4) is 0 Å². The molecule has 0 aliphatic heterocycles. The lowest BCUT2D eigenvalue weighted by Gasteiger charge is -2.42. The van der Waals surface area contributed by atoms with Gasteiger partial charge in [-0.1, -0.05) is 42.5 Å². The Morgan fingerprint density at radius 2 is 1.86 bits per heavy atom. The zero-order chi connectivity index (χ0) is 14.9. The van der Waals surface area contributed by atoms with Crippen molar-refractivity contribution in [1.82, 2.24) is 0 Å². The van der Waals surface area contributed by atoms with Crippen LogP contribution in [-0.4, -0.2) is 11.7 Å². The molecule has 0 saturated carbocycles. The average molecular weight is 285 g/mol. The van der Waals surface area contributed by atoms with Crippen LogP contribution in [0.15, 0.2) is 48.5 Å². The molecule has 3 rings (SSSR count). The second-order valence-corrected chi connectivity index (χ2v) is 5.80. The summed E-state index contributed by atoms with van der Waals surface area (Å²) in [5.74, 6) is -0.374. The van der Waals surface area contributed by atoms with E-state index in [9.17, 15) is 9.50 Å². The predicted molar refractivity (Wildman–Crippen MR) is 81.5 cm³/mol. The Hall–Kier alpha value is -1.71. The number of aliphatic hydroxyl groups excluding tert-OH is 1. The van der Waals surface area contributed by atoms with Gasteiger partial charge in [-0.2, -0.15) is 0 Å². The van der Waals surface area contributed by atoms with Gasteiger partial charge in [-0.3, -0.25) is 0 Å². The van der Waals surface area contributed by atoms with Gasteiger partial charge in [0.15, 0.2) is 0 Å². The molecule has 0 bridgehead atoms. The first-order valence-electron chi connectivity index (χ1n) is 7.40. The monoisotopic (exact) mass is 285 g/mol. The zero-order valence-electron chi connectivity index (χ0n) is 11.9. The lowest BCUT2D eigenvalue weighted by molar-refractivity contribution is 0.0687. The first kappa shape index (κ1) is 14.2. The van der Waals surface area contributed by atoms with Crippen molar-refractivity contribution >= 4 is 0 Å². The summed E-state index contributed by atoms with van der Waals surface area (Å²) < 4.78 is 14.1. The number of hydrogen-bond donors (Lipinski definition) is 2. The first-order valence-corrected chi connectivity index (χ1v) is 7.40. The second kappa shape index (κ2) is 5.58. The Labute approximate surface area is 124 Å². The summed E-state index contributed by atoms with van der Waals surface area (Å²) in [5.41, 5.74) is 8.07. The molecule has 2 atom stereocenters. The van der Waals surface area contributed by atoms with Crippen LogP contribution < -0.4 is 5.73 Å². The van der Waals surface area contributed by atoms with E-state index in [0.717, 1.165) is 24.8 Å². The van der Waals surface area contributed by atoms with Gasteiger partial charge in [0.1, 0.15) is 5.82 Å². The number of nitrogens with two attached hydrogens (primary N) is 1. The predicted octanol–water partition coefficient (Wildman–Crippen LogP) is 3.09. The Kier molecular flexibility index (Phi) is 3.79. The first-order chi connectivity index (χ1) is 10.2. The highest BCUT2D eigenvalue weighted by Crippen LogP contribution is 2.45. The quantitative estimate of drug-likeness (QED) is 0.910. The smallest absolute Gasteiger partial charge is 0.129 e. The largest absolute Gasteiger partial charge is 0.387 e. The number of hydrogen-bond acceptors (Lipinski definition) is 2. The molecule has 2 nitrogen and oxygen atoms in total. The minimum absolute atomic E-state index is 0.305. The molecule has 0 spiro atoms. The van der Waals surface area contributed by atoms with Crippen molar-refractivity contribution in [2.45, 2.75) is 30.8 Å². The summed E-state index contributed by atoms with van der Waals surface area (Å²) in [5, 5.41) is 10.9. The molecule has 0 saturated heterocycles. The van der Waals surface area contributed by atoms with E-state index in [-0.39, 0.29) is 5.82 Å². The van der Waals surface area contributed by atoms with E-state index in [4.69, 9.17) is 5.73 Å². The standard InChI is InChI=1S/C18H20FNO/c19-16-10-4-2-8-14(16)17(21)18(12-20)11-5-7-13-6-1-3-9-15(13)18/h1-4,6,8-10,17,21H,5,7,11-12,20H2. The van der Waals surface area contributed by atoms with Crippen molar-refractivity contribution in [3.05, 3.63) is 71.0 Å². The van der Waals surface area contributed by atoms with Gasteiger partial charge in [0.2, 0.25) is 0 Å². The Balaban J connectivity index is 2.12. The molecule has 3 heteroatoms. The number of aryl methyl sites for hydroxylation is 1. The molecule has 0 aromatic heterocycles. The summed E-state index contributed by atoms with van der Waals surface area (Å²) in [6.45, 7) is 0.305. The van der Waals surface area contributed by atoms with Crippen LogP contribution in [-0.2, 0) is 11.8 Å². The molecule has 3 N–H and O–H groups in total. The summed E-state index contributed by atoms with van der Waals surface area (Å²) in [6.07, 6.45) is 1.79. The number of aliphatic hydroxyl groups is 1. The van der Waals surface area contributed by atoms with Gasteiger partial charge in [0.05, 0.1) is 6.10 Å². The SMILES string of the molecule is NCC1(C(O)c2ccccc2F)CCCc2ccccc21. The minimum Gasteiger partial charge on any atom is -0.387 e. The Morgan fingerprint density at radius 3 is 2.62 bits per heavy atom. The lowest BCUT2D eigenvalue weighted by atomic mass is 9.65. The minimum atomic E-state index is -0.926. The molecular weight excluding hydrogens is 265 g/mol. The summed E-state index contributed by atoms with van der Waals surface area (Å²) in [6, 6.07) is 14.5. The summed E-state index contributed by atoms with van der Waals surface area (Å²) >= 11 is 0.